The van der Waals surface area contributed by atoms with Crippen molar-refractivity contribution >= 4 is 21.1 Å². The Balaban J connectivity index is 4.06. The highest BCUT2D eigenvalue weighted by molar-refractivity contribution is 8.04. The van der Waals surface area contributed by atoms with Crippen molar-refractivity contribution < 1.29 is 23.1 Å². The summed E-state index contributed by atoms with van der Waals surface area (Å²) in [7, 11) is -4.21. The number of nitrogens with two attached hydrogens (primary N) is 2. The molecule has 0 aliphatic heterocycles. The van der Waals surface area contributed by atoms with Gasteiger partial charge in [-0.05, 0) is 6.42 Å². The van der Waals surface area contributed by atoms with Gasteiger partial charge < -0.3 is 10.8 Å². The van der Waals surface area contributed by atoms with Crippen LogP contribution in [0.1, 0.15) is 12.8 Å². The highest BCUT2D eigenvalue weighted by Crippen LogP contribution is 1.98. The van der Waals surface area contributed by atoms with E-state index in [2.05, 4.69) is 5.14 Å². The Bertz CT molecular complexity index is 309. The molecule has 0 fully saturated rings. The van der Waals surface area contributed by atoms with E-state index in [1.54, 1.807) is 0 Å². The molecule has 0 aromatic rings. The maximum absolute atomic E-state index is 10.6. The number of carboxylic acid groups (broad SMARTS) is 1. The quantitative estimate of drug-likeness (QED) is 0.489. The van der Waals surface area contributed by atoms with E-state index in [0.29, 0.717) is 0 Å². The lowest BCUT2D eigenvalue weighted by Crippen LogP contribution is -2.32. The van der Waals surface area contributed by atoms with Gasteiger partial charge in [0.05, 0.1) is 0 Å². The Morgan fingerprint density at radius 2 is 1.85 bits per heavy atom. The molecule has 5 N–H and O–H groups in total. The number of hydrogen-bond acceptors (Lipinski definition) is 5. The minimum Gasteiger partial charge on any atom is -0.480 e. The molecule has 0 saturated heterocycles. The summed E-state index contributed by atoms with van der Waals surface area (Å²) in [6, 6.07) is -1.24. The lowest BCUT2D eigenvalue weighted by molar-refractivity contribution is -0.138. The van der Waals surface area contributed by atoms with Crippen molar-refractivity contribution in [1.29, 1.82) is 0 Å². The van der Waals surface area contributed by atoms with Gasteiger partial charge in [-0.25, -0.2) is 13.6 Å². The molecule has 8 heteroatoms. The van der Waals surface area contributed by atoms with E-state index in [0.717, 1.165) is 0 Å². The molecule has 1 unspecified atom stereocenters. The van der Waals surface area contributed by atoms with E-state index in [-0.39, 0.29) is 6.42 Å². The number of aliphatic carboxylic acids is 1. The van der Waals surface area contributed by atoms with Crippen molar-refractivity contribution in [3.63, 3.8) is 0 Å². The van der Waals surface area contributed by atoms with Gasteiger partial charge in [-0.1, -0.05) is 0 Å². The van der Waals surface area contributed by atoms with Crippen LogP contribution in [-0.2, 0) is 19.6 Å². The second kappa shape index (κ2) is 4.30. The highest BCUT2D eigenvalue weighted by Gasteiger charge is 2.19. The summed E-state index contributed by atoms with van der Waals surface area (Å²) >= 11 is 0. The monoisotopic (exact) mass is 210 g/mol. The lowest BCUT2D eigenvalue weighted by atomic mass is 10.2. The normalized spacial score (nSPS) is 13.7. The van der Waals surface area contributed by atoms with E-state index in [4.69, 9.17) is 10.8 Å². The number of hydrogen-bond donors (Lipinski definition) is 3. The SMILES string of the molecule is NC(CCC(=O)S(N)(=O)=O)C(=O)O. The van der Waals surface area contributed by atoms with Crippen LogP contribution < -0.4 is 10.9 Å². The van der Waals surface area contributed by atoms with Crippen LogP contribution in [0.3, 0.4) is 0 Å². The van der Waals surface area contributed by atoms with E-state index >= 15 is 0 Å². The van der Waals surface area contributed by atoms with Gasteiger partial charge in [-0.2, -0.15) is 0 Å². The Labute approximate surface area is 74.8 Å². The van der Waals surface area contributed by atoms with Crippen LogP contribution >= 0.6 is 0 Å². The molecule has 0 aromatic heterocycles. The average molecular weight is 210 g/mol. The van der Waals surface area contributed by atoms with Crippen molar-refractivity contribution in [2.24, 2.45) is 10.9 Å². The third kappa shape index (κ3) is 4.55. The number of carbonyl (C=O) groups excluding carboxylic acids is 1. The van der Waals surface area contributed by atoms with Crippen molar-refractivity contribution in [3.05, 3.63) is 0 Å². The van der Waals surface area contributed by atoms with Crippen molar-refractivity contribution in [2.45, 2.75) is 18.9 Å². The van der Waals surface area contributed by atoms with Crippen LogP contribution in [0.5, 0.6) is 0 Å². The number of carbonyl (C=O) groups is 2. The molecule has 0 aliphatic rings. The molecule has 0 saturated carbocycles. The first kappa shape index (κ1) is 12.0. The van der Waals surface area contributed by atoms with Crippen molar-refractivity contribution in [2.75, 3.05) is 0 Å². The van der Waals surface area contributed by atoms with Gasteiger partial charge in [0, 0.05) is 6.42 Å². The van der Waals surface area contributed by atoms with Crippen LogP contribution in [0, 0.1) is 0 Å². The zero-order valence-corrected chi connectivity index (χ0v) is 7.45. The van der Waals surface area contributed by atoms with Gasteiger partial charge in [0.15, 0.2) is 0 Å². The van der Waals surface area contributed by atoms with Gasteiger partial charge in [0.2, 0.25) is 0 Å². The fourth-order valence-corrected chi connectivity index (χ4v) is 0.941. The predicted molar refractivity (Wildman–Crippen MR) is 43.0 cm³/mol. The highest BCUT2D eigenvalue weighted by atomic mass is 32.2. The molecule has 0 amide bonds. The van der Waals surface area contributed by atoms with Crippen LogP contribution in [0.2, 0.25) is 0 Å². The minimum absolute atomic E-state index is 0.245. The Kier molecular flexibility index (Phi) is 3.98. The average Bonchev–Trinajstić information content (AvgIpc) is 1.97. The largest absolute Gasteiger partial charge is 0.480 e. The second-order valence-electron chi connectivity index (χ2n) is 2.40. The number of primary sulfonamides is 1. The van der Waals surface area contributed by atoms with E-state index < -0.39 is 33.6 Å². The van der Waals surface area contributed by atoms with Gasteiger partial charge in [-0.15, -0.1) is 0 Å². The van der Waals surface area contributed by atoms with E-state index in [1.807, 2.05) is 0 Å². The first-order valence-electron chi connectivity index (χ1n) is 3.29. The molecule has 0 rings (SSSR count). The topological polar surface area (TPSA) is 141 Å². The summed E-state index contributed by atoms with van der Waals surface area (Å²) in [5.41, 5.74) is 5.02. The fraction of sp³-hybridized carbons (Fsp3) is 0.600. The van der Waals surface area contributed by atoms with Gasteiger partial charge in [0.1, 0.15) is 6.04 Å². The van der Waals surface area contributed by atoms with Crippen LogP contribution in [-0.4, -0.2) is 30.7 Å². The first-order valence-corrected chi connectivity index (χ1v) is 4.84. The summed E-state index contributed by atoms with van der Waals surface area (Å²) < 4.78 is 20.7. The fourth-order valence-electron chi connectivity index (χ4n) is 0.539. The summed E-state index contributed by atoms with van der Waals surface area (Å²) in [6.07, 6.45) is -0.725. The van der Waals surface area contributed by atoms with Gasteiger partial charge in [-0.3, -0.25) is 9.59 Å². The zero-order valence-electron chi connectivity index (χ0n) is 6.63. The van der Waals surface area contributed by atoms with Gasteiger partial charge >= 0.3 is 5.97 Å². The summed E-state index contributed by atoms with van der Waals surface area (Å²) in [5.74, 6) is -1.29. The maximum atomic E-state index is 10.6. The molecular weight excluding hydrogens is 200 g/mol. The summed E-state index contributed by atoms with van der Waals surface area (Å²) in [4.78, 5) is 20.8. The molecule has 0 radical (unpaired) electrons. The molecule has 0 aromatic carbocycles. The van der Waals surface area contributed by atoms with Gasteiger partial charge in [0.25, 0.3) is 15.1 Å². The third-order valence-electron chi connectivity index (χ3n) is 1.29. The summed E-state index contributed by atoms with van der Waals surface area (Å²) in [5, 5.41) is 11.6. The Morgan fingerprint density at radius 1 is 1.38 bits per heavy atom. The molecular formula is C5H10N2O5S. The van der Waals surface area contributed by atoms with Crippen LogP contribution in [0.25, 0.3) is 0 Å². The molecule has 0 spiro atoms. The Morgan fingerprint density at radius 3 is 2.15 bits per heavy atom. The number of rotatable bonds is 4. The molecule has 1 atom stereocenters. The first-order chi connectivity index (χ1) is 5.75. The van der Waals surface area contributed by atoms with Crippen molar-refractivity contribution in [1.82, 2.24) is 0 Å². The molecule has 13 heavy (non-hydrogen) atoms. The molecule has 0 heterocycles. The maximum Gasteiger partial charge on any atom is 0.320 e. The lowest BCUT2D eigenvalue weighted by Gasteiger charge is -2.03. The number of carboxylic acids is 1. The second-order valence-corrected chi connectivity index (χ2v) is 3.95. The van der Waals surface area contributed by atoms with Crippen LogP contribution in [0.15, 0.2) is 0 Å². The minimum atomic E-state index is -4.21. The van der Waals surface area contributed by atoms with E-state index in [1.165, 1.54) is 0 Å². The van der Waals surface area contributed by atoms with E-state index in [9.17, 15) is 18.0 Å². The number of sulfonamides is 1. The smallest absolute Gasteiger partial charge is 0.320 e. The zero-order chi connectivity index (χ0) is 10.6. The summed E-state index contributed by atoms with van der Waals surface area (Å²) in [6.45, 7) is 0. The standard InChI is InChI=1S/C5H10N2O5S/c6-3(5(9)10)1-2-4(8)13(7,11)12/h3H,1-2,6H2,(H,9,10)(H2,7,11,12). The molecule has 7 nitrogen and oxygen atoms in total. The predicted octanol–water partition coefficient (Wildman–Crippen LogP) is -2.01. The third-order valence-corrected chi connectivity index (χ3v) is 2.13. The van der Waals surface area contributed by atoms with Crippen molar-refractivity contribution in [3.8, 4) is 0 Å². The molecule has 0 aliphatic carbocycles. The molecule has 76 valence electrons. The van der Waals surface area contributed by atoms with Crippen LogP contribution in [0.4, 0.5) is 0 Å². The molecule has 0 bridgehead atoms. The Hall–Kier alpha value is -0.990.